The van der Waals surface area contributed by atoms with E-state index in [-0.39, 0.29) is 5.43 Å². The summed E-state index contributed by atoms with van der Waals surface area (Å²) in [5.41, 5.74) is 4.16. The summed E-state index contributed by atoms with van der Waals surface area (Å²) in [5, 5.41) is 1.51. The predicted molar refractivity (Wildman–Crippen MR) is 121 cm³/mol. The largest absolute Gasteiger partial charge is 0.343 e. The van der Waals surface area contributed by atoms with Crippen LogP contribution >= 0.6 is 12.6 Å². The second kappa shape index (κ2) is 8.28. The Labute approximate surface area is 165 Å². The first kappa shape index (κ1) is 19.0. The lowest BCUT2D eigenvalue weighted by Gasteiger charge is -2.10. The molecular weight excluding hydrogens is 350 g/mol. The summed E-state index contributed by atoms with van der Waals surface area (Å²) in [6.45, 7) is 4.00. The van der Waals surface area contributed by atoms with Gasteiger partial charge in [0.05, 0.1) is 11.0 Å². The summed E-state index contributed by atoms with van der Waals surface area (Å²) < 4.78 is 2.08. The van der Waals surface area contributed by atoms with E-state index in [4.69, 9.17) is 0 Å². The van der Waals surface area contributed by atoms with Crippen LogP contribution < -0.4 is 5.43 Å². The zero-order valence-electron chi connectivity index (χ0n) is 15.8. The van der Waals surface area contributed by atoms with E-state index < -0.39 is 0 Å². The highest BCUT2D eigenvalue weighted by atomic mass is 32.1. The van der Waals surface area contributed by atoms with Gasteiger partial charge in [-0.05, 0) is 47.5 Å². The molecule has 0 atom stereocenters. The normalized spacial score (nSPS) is 11.0. The number of aromatic nitrogens is 1. The number of hydrogen-bond donors (Lipinski definition) is 1. The van der Waals surface area contributed by atoms with Crippen molar-refractivity contribution in [1.82, 2.24) is 4.57 Å². The van der Waals surface area contributed by atoms with Crippen molar-refractivity contribution in [2.45, 2.75) is 18.7 Å². The molecule has 0 bridgehead atoms. The number of fused-ring (bicyclic) bond motifs is 2. The summed E-state index contributed by atoms with van der Waals surface area (Å²) in [6.07, 6.45) is 4.13. The first-order valence-electron chi connectivity index (χ1n) is 9.12. The highest BCUT2D eigenvalue weighted by Gasteiger charge is 2.08. The van der Waals surface area contributed by atoms with Gasteiger partial charge in [-0.15, -0.1) is 12.6 Å². The van der Waals surface area contributed by atoms with Crippen LogP contribution in [0.25, 0.3) is 34.0 Å². The van der Waals surface area contributed by atoms with Crippen molar-refractivity contribution in [3.63, 3.8) is 0 Å². The zero-order chi connectivity index (χ0) is 19.4. The van der Waals surface area contributed by atoms with Crippen LogP contribution in [0.1, 0.15) is 25.0 Å². The third-order valence-electron chi connectivity index (χ3n) is 4.50. The molecule has 0 fully saturated rings. The quantitative estimate of drug-likeness (QED) is 0.253. The summed E-state index contributed by atoms with van der Waals surface area (Å²) in [6, 6.07) is 21.7. The third kappa shape index (κ3) is 3.83. The molecule has 27 heavy (non-hydrogen) atoms. The maximum atomic E-state index is 12.7. The molecule has 0 saturated heterocycles. The van der Waals surface area contributed by atoms with Crippen molar-refractivity contribution >= 4 is 46.6 Å². The van der Waals surface area contributed by atoms with Crippen molar-refractivity contribution in [1.29, 1.82) is 0 Å². The zero-order valence-corrected chi connectivity index (χ0v) is 16.7. The van der Waals surface area contributed by atoms with Gasteiger partial charge < -0.3 is 4.57 Å². The fourth-order valence-electron chi connectivity index (χ4n) is 3.13. The molecule has 0 radical (unpaired) electrons. The molecule has 0 saturated carbocycles. The molecular formula is C24H23NOS. The molecule has 0 aliphatic heterocycles. The first-order chi connectivity index (χ1) is 13.1. The minimum atomic E-state index is 0.0867. The molecule has 136 valence electrons. The Morgan fingerprint density at radius 3 is 2.11 bits per heavy atom. The molecule has 1 heterocycles. The van der Waals surface area contributed by atoms with Gasteiger partial charge in [-0.2, -0.15) is 0 Å². The molecule has 2 nitrogen and oxygen atoms in total. The molecule has 4 rings (SSSR count). The van der Waals surface area contributed by atoms with Gasteiger partial charge >= 0.3 is 0 Å². The maximum absolute atomic E-state index is 12.7. The topological polar surface area (TPSA) is 22.0 Å². The standard InChI is InChI=1S/C22H17NOS.C2H6/c1-23-20-5-3-2-4-18(20)22(24)19-13-10-16(14-21(19)23)7-6-15-8-11-17(25)12-9-15;1-2/h2-14,25H,1H3;1-2H3/b7-6+;. The molecule has 0 spiro atoms. The minimum Gasteiger partial charge on any atom is -0.343 e. The Balaban J connectivity index is 0.00000102. The van der Waals surface area contributed by atoms with Crippen LogP contribution in [0.5, 0.6) is 0 Å². The monoisotopic (exact) mass is 373 g/mol. The van der Waals surface area contributed by atoms with Gasteiger partial charge in [0.1, 0.15) is 0 Å². The Morgan fingerprint density at radius 1 is 0.778 bits per heavy atom. The van der Waals surface area contributed by atoms with E-state index in [2.05, 4.69) is 35.4 Å². The Kier molecular flexibility index (Phi) is 5.82. The van der Waals surface area contributed by atoms with Crippen LogP contribution in [0.2, 0.25) is 0 Å². The molecule has 4 aromatic rings. The average molecular weight is 374 g/mol. The summed E-state index contributed by atoms with van der Waals surface area (Å²) in [5.74, 6) is 0. The molecule has 0 aliphatic rings. The maximum Gasteiger partial charge on any atom is 0.197 e. The van der Waals surface area contributed by atoms with Gasteiger partial charge in [0, 0.05) is 22.7 Å². The van der Waals surface area contributed by atoms with Crippen LogP contribution in [0, 0.1) is 0 Å². The molecule has 3 heteroatoms. The van der Waals surface area contributed by atoms with Crippen molar-refractivity contribution in [3.8, 4) is 0 Å². The Hall–Kier alpha value is -2.78. The number of hydrogen-bond acceptors (Lipinski definition) is 2. The number of pyridine rings is 1. The van der Waals surface area contributed by atoms with Crippen LogP contribution in [0.15, 0.2) is 76.4 Å². The lowest BCUT2D eigenvalue weighted by atomic mass is 10.1. The number of nitrogens with zero attached hydrogens (tertiary/aromatic N) is 1. The molecule has 0 N–H and O–H groups in total. The molecule has 0 unspecified atom stereocenters. The molecule has 0 aliphatic carbocycles. The third-order valence-corrected chi connectivity index (χ3v) is 4.80. The second-order valence-corrected chi connectivity index (χ2v) is 6.62. The Bertz CT molecular complexity index is 1170. The van der Waals surface area contributed by atoms with Gasteiger partial charge in [0.2, 0.25) is 0 Å². The van der Waals surface area contributed by atoms with Crippen molar-refractivity contribution < 1.29 is 0 Å². The van der Waals surface area contributed by atoms with E-state index in [1.807, 2.05) is 81.6 Å². The predicted octanol–water partition coefficient (Wildman–Crippen LogP) is 6.18. The average Bonchev–Trinajstić information content (AvgIpc) is 2.73. The number of benzene rings is 3. The fraction of sp³-hybridized carbons (Fsp3) is 0.125. The SMILES string of the molecule is CC.Cn1c2ccccc2c(=O)c2ccc(/C=C/c3ccc(S)cc3)cc21. The number of aryl methyl sites for hydroxylation is 1. The van der Waals surface area contributed by atoms with Gasteiger partial charge in [-0.1, -0.05) is 56.3 Å². The van der Waals surface area contributed by atoms with Crippen LogP contribution in [0.4, 0.5) is 0 Å². The van der Waals surface area contributed by atoms with E-state index in [1.54, 1.807) is 0 Å². The Morgan fingerprint density at radius 2 is 1.37 bits per heavy atom. The highest BCUT2D eigenvalue weighted by Crippen LogP contribution is 2.20. The van der Waals surface area contributed by atoms with Gasteiger partial charge in [0.15, 0.2) is 5.43 Å². The first-order valence-corrected chi connectivity index (χ1v) is 9.57. The van der Waals surface area contributed by atoms with Gasteiger partial charge in [-0.3, -0.25) is 4.79 Å². The lowest BCUT2D eigenvalue weighted by Crippen LogP contribution is -2.08. The molecule has 3 aromatic carbocycles. The van der Waals surface area contributed by atoms with Crippen LogP contribution in [0.3, 0.4) is 0 Å². The number of rotatable bonds is 2. The van der Waals surface area contributed by atoms with Crippen molar-refractivity contribution in [3.05, 3.63) is 88.1 Å². The van der Waals surface area contributed by atoms with E-state index >= 15 is 0 Å². The summed E-state index contributed by atoms with van der Waals surface area (Å²) >= 11 is 4.30. The van der Waals surface area contributed by atoms with Gasteiger partial charge in [0.25, 0.3) is 0 Å². The summed E-state index contributed by atoms with van der Waals surface area (Å²) in [7, 11) is 2.00. The van der Waals surface area contributed by atoms with E-state index in [1.165, 1.54) is 0 Å². The molecule has 1 aromatic heterocycles. The van der Waals surface area contributed by atoms with Crippen LogP contribution in [-0.4, -0.2) is 4.57 Å². The molecule has 0 amide bonds. The fourth-order valence-corrected chi connectivity index (χ4v) is 3.28. The minimum absolute atomic E-state index is 0.0867. The smallest absolute Gasteiger partial charge is 0.197 e. The lowest BCUT2D eigenvalue weighted by molar-refractivity contribution is 1.00. The second-order valence-electron chi connectivity index (χ2n) is 6.11. The van der Waals surface area contributed by atoms with Crippen molar-refractivity contribution in [2.75, 3.05) is 0 Å². The summed E-state index contributed by atoms with van der Waals surface area (Å²) in [4.78, 5) is 13.7. The van der Waals surface area contributed by atoms with Crippen LogP contribution in [-0.2, 0) is 7.05 Å². The van der Waals surface area contributed by atoms with E-state index in [0.717, 1.165) is 37.8 Å². The van der Waals surface area contributed by atoms with Gasteiger partial charge in [-0.25, -0.2) is 0 Å². The van der Waals surface area contributed by atoms with E-state index in [9.17, 15) is 4.79 Å². The number of para-hydroxylation sites is 1. The highest BCUT2D eigenvalue weighted by molar-refractivity contribution is 7.80. The van der Waals surface area contributed by atoms with E-state index in [0.29, 0.717) is 0 Å². The number of thiol groups is 1. The van der Waals surface area contributed by atoms with Crippen molar-refractivity contribution in [2.24, 2.45) is 7.05 Å².